The van der Waals surface area contributed by atoms with Crippen molar-refractivity contribution in [3.8, 4) is 5.75 Å². The maximum Gasteiger partial charge on any atom is 0.144 e. The average molecular weight is 439 g/mol. The molecule has 5 N–H and O–H groups in total. The van der Waals surface area contributed by atoms with Gasteiger partial charge in [0.25, 0.3) is 0 Å². The Morgan fingerprint density at radius 1 is 1.25 bits per heavy atom. The third-order valence-electron chi connectivity index (χ3n) is 2.03. The molecule has 0 bridgehead atoms. The van der Waals surface area contributed by atoms with E-state index in [0.717, 1.165) is 10.0 Å². The summed E-state index contributed by atoms with van der Waals surface area (Å²) in [6, 6.07) is 1.57. The first-order chi connectivity index (χ1) is 6.99. The Kier molecular flexibility index (Phi) is 7.48. The van der Waals surface area contributed by atoms with E-state index >= 15 is 0 Å². The van der Waals surface area contributed by atoms with Crippen LogP contribution in [0.5, 0.6) is 5.75 Å². The molecule has 1 aromatic rings. The number of halogens is 4. The molecule has 0 amide bonds. The summed E-state index contributed by atoms with van der Waals surface area (Å²) in [6.07, 6.45) is 0.665. The molecule has 0 aliphatic heterocycles. The highest BCUT2D eigenvalue weighted by Crippen LogP contribution is 2.41. The zero-order chi connectivity index (χ0) is 11.6. The van der Waals surface area contributed by atoms with Crippen molar-refractivity contribution >= 4 is 60.2 Å². The summed E-state index contributed by atoms with van der Waals surface area (Å²) in [6.45, 7) is 0.511. The Balaban J connectivity index is 0.00000225. The molecule has 0 saturated carbocycles. The van der Waals surface area contributed by atoms with E-state index in [1.807, 2.05) is 0 Å². The van der Waals surface area contributed by atoms with Gasteiger partial charge in [-0.15, -0.1) is 12.4 Å². The fourth-order valence-electron chi connectivity index (χ4n) is 1.26. The molecule has 1 aromatic carbocycles. The summed E-state index contributed by atoms with van der Waals surface area (Å²) in [5, 5.41) is 9.73. The van der Waals surface area contributed by atoms with E-state index in [1.165, 1.54) is 0 Å². The number of phenolic OH excluding ortho intramolecular Hbond substituents is 1. The Labute approximate surface area is 126 Å². The van der Waals surface area contributed by atoms with Crippen LogP contribution in [0.15, 0.2) is 19.5 Å². The van der Waals surface area contributed by atoms with Crippen molar-refractivity contribution in [2.45, 2.75) is 12.5 Å². The smallest absolute Gasteiger partial charge is 0.144 e. The highest BCUT2D eigenvalue weighted by atomic mass is 79.9. The Bertz CT molecular complexity index is 376. The second kappa shape index (κ2) is 7.18. The molecule has 0 aliphatic carbocycles. The summed E-state index contributed by atoms with van der Waals surface area (Å²) in [5.41, 5.74) is 12.2. The number of rotatable bonds is 3. The first-order valence-electron chi connectivity index (χ1n) is 4.31. The molecule has 92 valence electrons. The highest BCUT2D eigenvalue weighted by Gasteiger charge is 2.18. The summed E-state index contributed by atoms with van der Waals surface area (Å²) in [4.78, 5) is 0. The minimum atomic E-state index is -0.197. The predicted molar refractivity (Wildman–Crippen MR) is 79.1 cm³/mol. The number of hydrogen-bond donors (Lipinski definition) is 3. The molecule has 0 aliphatic rings. The lowest BCUT2D eigenvalue weighted by atomic mass is 10.0. The first kappa shape index (κ1) is 16.7. The molecule has 0 radical (unpaired) electrons. The number of aromatic hydroxyl groups is 1. The van der Waals surface area contributed by atoms with Crippen LogP contribution in [-0.4, -0.2) is 11.7 Å². The van der Waals surface area contributed by atoms with E-state index < -0.39 is 0 Å². The van der Waals surface area contributed by atoms with Crippen LogP contribution >= 0.6 is 60.2 Å². The van der Waals surface area contributed by atoms with Crippen molar-refractivity contribution in [3.05, 3.63) is 25.0 Å². The molecular weight excluding hydrogens is 427 g/mol. The van der Waals surface area contributed by atoms with E-state index in [1.54, 1.807) is 6.07 Å². The fourth-order valence-corrected chi connectivity index (χ4v) is 3.97. The number of benzene rings is 1. The molecule has 0 fully saturated rings. The van der Waals surface area contributed by atoms with Crippen LogP contribution in [0.1, 0.15) is 18.0 Å². The van der Waals surface area contributed by atoms with Gasteiger partial charge in [0.15, 0.2) is 0 Å². The normalized spacial score (nSPS) is 12.1. The third-order valence-corrected chi connectivity index (χ3v) is 4.09. The topological polar surface area (TPSA) is 72.3 Å². The van der Waals surface area contributed by atoms with Crippen LogP contribution < -0.4 is 11.5 Å². The van der Waals surface area contributed by atoms with Crippen molar-refractivity contribution < 1.29 is 5.11 Å². The van der Waals surface area contributed by atoms with Gasteiger partial charge in [0, 0.05) is 16.1 Å². The van der Waals surface area contributed by atoms with Crippen LogP contribution in [0.3, 0.4) is 0 Å². The lowest BCUT2D eigenvalue weighted by molar-refractivity contribution is 0.465. The second-order valence-electron chi connectivity index (χ2n) is 3.10. The van der Waals surface area contributed by atoms with Crippen LogP contribution in [0.2, 0.25) is 0 Å². The first-order valence-corrected chi connectivity index (χ1v) is 6.69. The average Bonchev–Trinajstić information content (AvgIpc) is 2.15. The van der Waals surface area contributed by atoms with Gasteiger partial charge in [-0.3, -0.25) is 0 Å². The number of nitrogens with two attached hydrogens (primary N) is 2. The molecule has 16 heavy (non-hydrogen) atoms. The molecule has 1 atom stereocenters. The monoisotopic (exact) mass is 436 g/mol. The van der Waals surface area contributed by atoms with Gasteiger partial charge in [-0.2, -0.15) is 0 Å². The minimum absolute atomic E-state index is 0. The zero-order valence-electron chi connectivity index (χ0n) is 8.21. The predicted octanol–water partition coefficient (Wildman–Crippen LogP) is 3.45. The second-order valence-corrected chi connectivity index (χ2v) is 5.60. The van der Waals surface area contributed by atoms with Crippen molar-refractivity contribution in [1.29, 1.82) is 0 Å². The SMILES string of the molecule is Cl.NCC[C@@H](N)c1c(Br)cc(Br)c(O)c1Br. The van der Waals surface area contributed by atoms with Gasteiger partial charge in [-0.1, -0.05) is 15.9 Å². The summed E-state index contributed by atoms with van der Waals surface area (Å²) >= 11 is 9.98. The Morgan fingerprint density at radius 2 is 1.81 bits per heavy atom. The van der Waals surface area contributed by atoms with Crippen LogP contribution in [-0.2, 0) is 0 Å². The van der Waals surface area contributed by atoms with Gasteiger partial charge < -0.3 is 16.6 Å². The van der Waals surface area contributed by atoms with E-state index in [-0.39, 0.29) is 24.2 Å². The molecule has 0 unspecified atom stereocenters. The quantitative estimate of drug-likeness (QED) is 0.676. The molecular formula is C9H12Br3ClN2O. The van der Waals surface area contributed by atoms with Crippen LogP contribution in [0.4, 0.5) is 0 Å². The van der Waals surface area contributed by atoms with Gasteiger partial charge in [0.1, 0.15) is 5.75 Å². The highest BCUT2D eigenvalue weighted by molar-refractivity contribution is 9.11. The summed E-state index contributed by atoms with van der Waals surface area (Å²) in [7, 11) is 0. The molecule has 3 nitrogen and oxygen atoms in total. The van der Waals surface area contributed by atoms with Crippen molar-refractivity contribution in [2.24, 2.45) is 11.5 Å². The van der Waals surface area contributed by atoms with E-state index in [9.17, 15) is 5.11 Å². The van der Waals surface area contributed by atoms with Crippen molar-refractivity contribution in [3.63, 3.8) is 0 Å². The standard InChI is InChI=1S/C9H11Br3N2O.ClH/c10-4-3-5(11)9(15)8(12)7(4)6(14)1-2-13;/h3,6,15H,1-2,13-14H2;1H/t6-;/m1./s1. The van der Waals surface area contributed by atoms with Gasteiger partial charge >= 0.3 is 0 Å². The van der Waals surface area contributed by atoms with Crippen LogP contribution in [0.25, 0.3) is 0 Å². The third kappa shape index (κ3) is 3.58. The molecule has 0 saturated heterocycles. The van der Waals surface area contributed by atoms with Crippen molar-refractivity contribution in [1.82, 2.24) is 0 Å². The van der Waals surface area contributed by atoms with Gasteiger partial charge in [-0.05, 0) is 50.9 Å². The minimum Gasteiger partial charge on any atom is -0.506 e. The van der Waals surface area contributed by atoms with Crippen LogP contribution in [0, 0.1) is 0 Å². The number of phenols is 1. The van der Waals surface area contributed by atoms with E-state index in [2.05, 4.69) is 47.8 Å². The lowest BCUT2D eigenvalue weighted by Crippen LogP contribution is -2.16. The largest absolute Gasteiger partial charge is 0.506 e. The molecule has 1 rings (SSSR count). The van der Waals surface area contributed by atoms with Gasteiger partial charge in [-0.25, -0.2) is 0 Å². The lowest BCUT2D eigenvalue weighted by Gasteiger charge is -2.16. The molecule has 0 spiro atoms. The zero-order valence-corrected chi connectivity index (χ0v) is 13.8. The summed E-state index contributed by atoms with van der Waals surface area (Å²) < 4.78 is 2.06. The maximum atomic E-state index is 9.73. The molecule has 7 heteroatoms. The molecule has 0 heterocycles. The Hall–Kier alpha value is 0.670. The van der Waals surface area contributed by atoms with Crippen molar-refractivity contribution in [2.75, 3.05) is 6.54 Å². The van der Waals surface area contributed by atoms with Gasteiger partial charge in [0.2, 0.25) is 0 Å². The van der Waals surface area contributed by atoms with Gasteiger partial charge in [0.05, 0.1) is 8.95 Å². The number of hydrogen-bond acceptors (Lipinski definition) is 3. The Morgan fingerprint density at radius 3 is 2.31 bits per heavy atom. The van der Waals surface area contributed by atoms with E-state index in [4.69, 9.17) is 11.5 Å². The van der Waals surface area contributed by atoms with E-state index in [0.29, 0.717) is 21.9 Å². The fraction of sp³-hybridized carbons (Fsp3) is 0.333. The maximum absolute atomic E-state index is 9.73. The molecule has 0 aromatic heterocycles. The summed E-state index contributed by atoms with van der Waals surface area (Å²) in [5.74, 6) is 0.153.